The van der Waals surface area contributed by atoms with Gasteiger partial charge in [-0.15, -0.1) is 0 Å². The van der Waals surface area contributed by atoms with Crippen LogP contribution in [0.15, 0.2) is 77.9 Å². The van der Waals surface area contributed by atoms with Crippen LogP contribution in [0.25, 0.3) is 0 Å². The molecule has 33 heavy (non-hydrogen) atoms. The van der Waals surface area contributed by atoms with E-state index in [9.17, 15) is 9.59 Å². The second-order valence-electron chi connectivity index (χ2n) is 6.98. The summed E-state index contributed by atoms with van der Waals surface area (Å²) in [4.78, 5) is 24.1. The van der Waals surface area contributed by atoms with E-state index in [0.29, 0.717) is 28.7 Å². The van der Waals surface area contributed by atoms with E-state index in [1.165, 1.54) is 6.21 Å². The number of nitrogens with zero attached hydrogens (tertiary/aromatic N) is 1. The fourth-order valence-electron chi connectivity index (χ4n) is 2.82. The SMILES string of the molecule is COc1ccc(C(=O)NCCC(=O)NN=Cc2ccccc2OCc2ccc(Cl)cc2)cc1. The highest BCUT2D eigenvalue weighted by atomic mass is 35.5. The Labute approximate surface area is 197 Å². The highest BCUT2D eigenvalue weighted by Crippen LogP contribution is 2.18. The number of carbonyl (C=O) groups excluding carboxylic acids is 2. The monoisotopic (exact) mass is 465 g/mol. The van der Waals surface area contributed by atoms with Gasteiger partial charge in [-0.25, -0.2) is 5.43 Å². The number of hydrogen-bond donors (Lipinski definition) is 2. The summed E-state index contributed by atoms with van der Waals surface area (Å²) in [5.74, 6) is 0.722. The molecule has 0 spiro atoms. The van der Waals surface area contributed by atoms with Crippen molar-refractivity contribution in [3.8, 4) is 11.5 Å². The van der Waals surface area contributed by atoms with Crippen molar-refractivity contribution < 1.29 is 19.1 Å². The first-order chi connectivity index (χ1) is 16.0. The number of halogens is 1. The van der Waals surface area contributed by atoms with Gasteiger partial charge >= 0.3 is 0 Å². The zero-order chi connectivity index (χ0) is 23.5. The van der Waals surface area contributed by atoms with Crippen molar-refractivity contribution in [3.05, 3.63) is 94.5 Å². The molecule has 2 amide bonds. The topological polar surface area (TPSA) is 89.0 Å². The minimum absolute atomic E-state index is 0.0912. The molecule has 0 unspecified atom stereocenters. The number of methoxy groups -OCH3 is 1. The molecule has 0 saturated carbocycles. The van der Waals surface area contributed by atoms with Gasteiger partial charge in [-0.05, 0) is 54.1 Å². The van der Waals surface area contributed by atoms with Crippen LogP contribution < -0.4 is 20.2 Å². The summed E-state index contributed by atoms with van der Waals surface area (Å²) in [5.41, 5.74) is 4.65. The lowest BCUT2D eigenvalue weighted by Crippen LogP contribution is -2.29. The Morgan fingerprint density at radius 2 is 1.73 bits per heavy atom. The number of ether oxygens (including phenoxy) is 2. The largest absolute Gasteiger partial charge is 0.497 e. The molecule has 2 N–H and O–H groups in total. The van der Waals surface area contributed by atoms with Crippen molar-refractivity contribution in [2.45, 2.75) is 13.0 Å². The summed E-state index contributed by atoms with van der Waals surface area (Å²) in [6.07, 6.45) is 1.61. The third-order valence-corrected chi connectivity index (χ3v) is 4.86. The van der Waals surface area contributed by atoms with Gasteiger partial charge in [0.1, 0.15) is 18.1 Å². The molecular weight excluding hydrogens is 442 g/mol. The number of amides is 2. The van der Waals surface area contributed by atoms with Crippen LogP contribution in [0.4, 0.5) is 0 Å². The predicted molar refractivity (Wildman–Crippen MR) is 128 cm³/mol. The smallest absolute Gasteiger partial charge is 0.251 e. The lowest BCUT2D eigenvalue weighted by Gasteiger charge is -2.09. The number of carbonyl (C=O) groups is 2. The van der Waals surface area contributed by atoms with E-state index in [0.717, 1.165) is 11.1 Å². The zero-order valence-electron chi connectivity index (χ0n) is 18.1. The predicted octanol–water partition coefficient (Wildman–Crippen LogP) is 4.20. The van der Waals surface area contributed by atoms with Crippen LogP contribution in [-0.4, -0.2) is 31.7 Å². The maximum absolute atomic E-state index is 12.1. The summed E-state index contributed by atoms with van der Waals surface area (Å²) in [6.45, 7) is 0.565. The standard InChI is InChI=1S/C25H24ClN3O4/c1-32-22-12-8-19(9-13-22)25(31)27-15-14-24(30)29-28-16-20-4-2-3-5-23(20)33-17-18-6-10-21(26)11-7-18/h2-13,16H,14-15,17H2,1H3,(H,27,31)(H,29,30). The Hall–Kier alpha value is -3.84. The van der Waals surface area contributed by atoms with E-state index in [2.05, 4.69) is 15.8 Å². The molecule has 0 aliphatic carbocycles. The summed E-state index contributed by atoms with van der Waals surface area (Å²) in [6, 6.07) is 21.5. The summed E-state index contributed by atoms with van der Waals surface area (Å²) < 4.78 is 10.9. The minimum atomic E-state index is -0.319. The van der Waals surface area contributed by atoms with E-state index >= 15 is 0 Å². The molecule has 8 heteroatoms. The van der Waals surface area contributed by atoms with Gasteiger partial charge in [0.2, 0.25) is 5.91 Å². The van der Waals surface area contributed by atoms with Gasteiger partial charge in [0.05, 0.1) is 13.3 Å². The third kappa shape index (κ3) is 7.66. The fourth-order valence-corrected chi connectivity index (χ4v) is 2.95. The molecule has 0 heterocycles. The third-order valence-electron chi connectivity index (χ3n) is 4.61. The van der Waals surface area contributed by atoms with E-state index in [1.54, 1.807) is 31.4 Å². The second kappa shape index (κ2) is 12.3. The van der Waals surface area contributed by atoms with Gasteiger partial charge in [0, 0.05) is 29.1 Å². The van der Waals surface area contributed by atoms with Crippen molar-refractivity contribution in [1.82, 2.24) is 10.7 Å². The molecule has 3 aromatic carbocycles. The molecule has 0 atom stereocenters. The number of para-hydroxylation sites is 1. The van der Waals surface area contributed by atoms with Crippen molar-refractivity contribution in [3.63, 3.8) is 0 Å². The van der Waals surface area contributed by atoms with E-state index in [-0.39, 0.29) is 24.8 Å². The van der Waals surface area contributed by atoms with Gasteiger partial charge in [-0.2, -0.15) is 5.10 Å². The number of benzene rings is 3. The Balaban J connectivity index is 1.44. The molecule has 170 valence electrons. The first-order valence-corrected chi connectivity index (χ1v) is 10.6. The van der Waals surface area contributed by atoms with Crippen LogP contribution in [0, 0.1) is 0 Å². The normalized spacial score (nSPS) is 10.6. The molecule has 3 aromatic rings. The zero-order valence-corrected chi connectivity index (χ0v) is 18.8. The van der Waals surface area contributed by atoms with Crippen molar-refractivity contribution in [2.24, 2.45) is 5.10 Å². The first kappa shape index (κ1) is 23.8. The minimum Gasteiger partial charge on any atom is -0.497 e. The van der Waals surface area contributed by atoms with Gasteiger partial charge in [-0.1, -0.05) is 35.9 Å². The van der Waals surface area contributed by atoms with Crippen LogP contribution in [0.2, 0.25) is 5.02 Å². The van der Waals surface area contributed by atoms with Crippen LogP contribution in [0.3, 0.4) is 0 Å². The summed E-state index contributed by atoms with van der Waals surface area (Å²) in [7, 11) is 1.56. The second-order valence-corrected chi connectivity index (χ2v) is 7.42. The average Bonchev–Trinajstić information content (AvgIpc) is 2.84. The highest BCUT2D eigenvalue weighted by Gasteiger charge is 2.07. The number of rotatable bonds is 10. The number of hydrazone groups is 1. The molecule has 0 radical (unpaired) electrons. The average molecular weight is 466 g/mol. The van der Waals surface area contributed by atoms with Gasteiger partial charge in [0.15, 0.2) is 0 Å². The Morgan fingerprint density at radius 3 is 2.45 bits per heavy atom. The molecular formula is C25H24ClN3O4. The first-order valence-electron chi connectivity index (χ1n) is 10.3. The van der Waals surface area contributed by atoms with Crippen LogP contribution in [0.1, 0.15) is 27.9 Å². The fraction of sp³-hybridized carbons (Fsp3) is 0.160. The number of nitrogens with one attached hydrogen (secondary N) is 2. The molecule has 7 nitrogen and oxygen atoms in total. The Bertz CT molecular complexity index is 1100. The Morgan fingerprint density at radius 1 is 1.00 bits per heavy atom. The molecule has 0 saturated heterocycles. The van der Waals surface area contributed by atoms with Crippen molar-refractivity contribution >= 4 is 29.6 Å². The lowest BCUT2D eigenvalue weighted by atomic mass is 10.2. The van der Waals surface area contributed by atoms with E-state index in [1.807, 2.05) is 48.5 Å². The summed E-state index contributed by atoms with van der Waals surface area (Å²) in [5, 5.41) is 7.36. The highest BCUT2D eigenvalue weighted by molar-refractivity contribution is 6.30. The van der Waals surface area contributed by atoms with E-state index in [4.69, 9.17) is 21.1 Å². The van der Waals surface area contributed by atoms with Crippen molar-refractivity contribution in [2.75, 3.05) is 13.7 Å². The van der Waals surface area contributed by atoms with Crippen molar-refractivity contribution in [1.29, 1.82) is 0 Å². The van der Waals surface area contributed by atoms with Gasteiger partial charge in [-0.3, -0.25) is 9.59 Å². The molecule has 0 aliphatic rings. The maximum Gasteiger partial charge on any atom is 0.251 e. The van der Waals surface area contributed by atoms with E-state index < -0.39 is 0 Å². The molecule has 0 aromatic heterocycles. The quantitative estimate of drug-likeness (QED) is 0.347. The molecule has 0 aliphatic heterocycles. The van der Waals surface area contributed by atoms with Crippen LogP contribution >= 0.6 is 11.6 Å². The molecule has 0 bridgehead atoms. The number of hydrogen-bond acceptors (Lipinski definition) is 5. The molecule has 3 rings (SSSR count). The lowest BCUT2D eigenvalue weighted by molar-refractivity contribution is -0.120. The van der Waals surface area contributed by atoms with Gasteiger partial charge in [0.25, 0.3) is 5.91 Å². The Kier molecular flexibility index (Phi) is 8.85. The molecule has 0 fully saturated rings. The van der Waals surface area contributed by atoms with Gasteiger partial charge < -0.3 is 14.8 Å². The summed E-state index contributed by atoms with van der Waals surface area (Å²) >= 11 is 5.90. The van der Waals surface area contributed by atoms with Crippen LogP contribution in [-0.2, 0) is 11.4 Å². The van der Waals surface area contributed by atoms with Crippen LogP contribution in [0.5, 0.6) is 11.5 Å². The maximum atomic E-state index is 12.1.